The lowest BCUT2D eigenvalue weighted by molar-refractivity contribution is 0.205. The molecule has 0 aliphatic rings. The average Bonchev–Trinajstić information content (AvgIpc) is 2.14. The molecule has 0 aromatic heterocycles. The van der Waals surface area contributed by atoms with Crippen LogP contribution in [0.1, 0.15) is 0 Å². The van der Waals surface area contributed by atoms with Crippen LogP contribution in [-0.2, 0) is 14.8 Å². The molecule has 0 atom stereocenters. The first-order chi connectivity index (χ1) is 6.58. The zero-order valence-corrected chi connectivity index (χ0v) is 9.03. The Labute approximate surface area is 84.2 Å². The van der Waals surface area contributed by atoms with Crippen molar-refractivity contribution >= 4 is 10.0 Å². The average molecular weight is 227 g/mol. The maximum atomic E-state index is 11.5. The lowest BCUT2D eigenvalue weighted by Gasteiger charge is -2.19. The Morgan fingerprint density at radius 3 is 2.07 bits per heavy atom. The van der Waals surface area contributed by atoms with Gasteiger partial charge in [0.15, 0.2) is 0 Å². The van der Waals surface area contributed by atoms with Crippen LogP contribution in [0.4, 0.5) is 0 Å². The van der Waals surface area contributed by atoms with E-state index in [1.54, 1.807) is 0 Å². The van der Waals surface area contributed by atoms with Crippen LogP contribution in [-0.4, -0.2) is 68.7 Å². The van der Waals surface area contributed by atoms with Gasteiger partial charge in [0.25, 0.3) is 0 Å². The Morgan fingerprint density at radius 2 is 1.71 bits per heavy atom. The van der Waals surface area contributed by atoms with Crippen molar-refractivity contribution in [3.8, 4) is 0 Å². The molecule has 6 nitrogen and oxygen atoms in total. The van der Waals surface area contributed by atoms with E-state index in [1.807, 2.05) is 0 Å². The molecule has 0 aromatic carbocycles. The monoisotopic (exact) mass is 227 g/mol. The summed E-state index contributed by atoms with van der Waals surface area (Å²) in [7, 11) is -2.01. The first-order valence-corrected chi connectivity index (χ1v) is 5.88. The molecule has 0 saturated carbocycles. The predicted molar refractivity (Wildman–Crippen MR) is 51.4 cm³/mol. The van der Waals surface area contributed by atoms with E-state index in [1.165, 1.54) is 7.11 Å². The molecule has 0 saturated heterocycles. The summed E-state index contributed by atoms with van der Waals surface area (Å²) in [4.78, 5) is 0. The van der Waals surface area contributed by atoms with Crippen molar-refractivity contribution in [1.82, 2.24) is 4.31 Å². The predicted octanol–water partition coefficient (Wildman–Crippen LogP) is -1.75. The number of aliphatic hydroxyl groups excluding tert-OH is 2. The van der Waals surface area contributed by atoms with Crippen molar-refractivity contribution in [1.29, 1.82) is 0 Å². The van der Waals surface area contributed by atoms with Gasteiger partial charge in [-0.1, -0.05) is 0 Å². The van der Waals surface area contributed by atoms with Crippen LogP contribution in [0.15, 0.2) is 0 Å². The van der Waals surface area contributed by atoms with E-state index in [4.69, 9.17) is 10.2 Å². The third kappa shape index (κ3) is 4.87. The van der Waals surface area contributed by atoms with Crippen LogP contribution >= 0.6 is 0 Å². The van der Waals surface area contributed by atoms with Crippen LogP contribution in [0.3, 0.4) is 0 Å². The summed E-state index contributed by atoms with van der Waals surface area (Å²) in [6.45, 7) is -0.396. The van der Waals surface area contributed by atoms with Gasteiger partial charge in [0.1, 0.15) is 0 Å². The summed E-state index contributed by atoms with van der Waals surface area (Å²) < 4.78 is 28.7. The SMILES string of the molecule is COCCS(=O)(=O)N(CCO)CCO. The summed E-state index contributed by atoms with van der Waals surface area (Å²) in [6, 6.07) is 0. The number of sulfonamides is 1. The molecule has 0 heterocycles. The van der Waals surface area contributed by atoms with Crippen molar-refractivity contribution in [2.75, 3.05) is 45.8 Å². The lowest BCUT2D eigenvalue weighted by atomic mass is 10.6. The summed E-state index contributed by atoms with van der Waals surface area (Å²) in [5, 5.41) is 17.3. The smallest absolute Gasteiger partial charge is 0.216 e. The molecule has 7 heteroatoms. The number of aliphatic hydroxyl groups is 2. The molecule has 0 unspecified atom stereocenters. The van der Waals surface area contributed by atoms with Gasteiger partial charge < -0.3 is 14.9 Å². The Morgan fingerprint density at radius 1 is 1.21 bits per heavy atom. The first-order valence-electron chi connectivity index (χ1n) is 4.27. The standard InChI is InChI=1S/C7H17NO5S/c1-13-6-7-14(11,12)8(2-4-9)3-5-10/h9-10H,2-7H2,1H3. The molecular weight excluding hydrogens is 210 g/mol. The molecule has 2 N–H and O–H groups in total. The Balaban J connectivity index is 4.29. The van der Waals surface area contributed by atoms with E-state index in [2.05, 4.69) is 4.74 Å². The van der Waals surface area contributed by atoms with Crippen molar-refractivity contribution < 1.29 is 23.4 Å². The summed E-state index contributed by atoms with van der Waals surface area (Å²) >= 11 is 0. The minimum absolute atomic E-state index is 0.00656. The van der Waals surface area contributed by atoms with Crippen molar-refractivity contribution in [2.45, 2.75) is 0 Å². The summed E-state index contributed by atoms with van der Waals surface area (Å²) in [5.74, 6) is -0.135. The Kier molecular flexibility index (Phi) is 7.02. The maximum Gasteiger partial charge on any atom is 0.216 e. The minimum atomic E-state index is -3.42. The van der Waals surface area contributed by atoms with Crippen molar-refractivity contribution in [3.63, 3.8) is 0 Å². The quantitative estimate of drug-likeness (QED) is 0.513. The molecule has 0 amide bonds. The lowest BCUT2D eigenvalue weighted by Crippen LogP contribution is -2.38. The van der Waals surface area contributed by atoms with E-state index in [9.17, 15) is 8.42 Å². The zero-order valence-electron chi connectivity index (χ0n) is 8.22. The molecule has 0 aliphatic carbocycles. The summed E-state index contributed by atoms with van der Waals surface area (Å²) in [6.07, 6.45) is 0. The molecule has 0 rings (SSSR count). The van der Waals surface area contributed by atoms with E-state index in [0.29, 0.717) is 0 Å². The number of hydrogen-bond donors (Lipinski definition) is 2. The van der Waals surface area contributed by atoms with E-state index >= 15 is 0 Å². The van der Waals surface area contributed by atoms with Gasteiger partial charge in [-0.25, -0.2) is 8.42 Å². The van der Waals surface area contributed by atoms with Crippen LogP contribution in [0, 0.1) is 0 Å². The van der Waals surface area contributed by atoms with Gasteiger partial charge in [-0.05, 0) is 0 Å². The highest BCUT2D eigenvalue weighted by atomic mass is 32.2. The molecule has 86 valence electrons. The molecule has 0 bridgehead atoms. The largest absolute Gasteiger partial charge is 0.395 e. The second kappa shape index (κ2) is 7.13. The first kappa shape index (κ1) is 13.8. The second-order valence-electron chi connectivity index (χ2n) is 2.66. The third-order valence-corrected chi connectivity index (χ3v) is 3.47. The zero-order chi connectivity index (χ0) is 11.0. The molecular formula is C7H17NO5S. The molecule has 0 spiro atoms. The van der Waals surface area contributed by atoms with Gasteiger partial charge in [0, 0.05) is 20.2 Å². The summed E-state index contributed by atoms with van der Waals surface area (Å²) in [5.41, 5.74) is 0. The fourth-order valence-electron chi connectivity index (χ4n) is 0.931. The van der Waals surface area contributed by atoms with E-state index in [0.717, 1.165) is 4.31 Å². The second-order valence-corrected chi connectivity index (χ2v) is 4.74. The van der Waals surface area contributed by atoms with Crippen molar-refractivity contribution in [3.05, 3.63) is 0 Å². The van der Waals surface area contributed by atoms with Crippen LogP contribution in [0.5, 0.6) is 0 Å². The number of nitrogens with zero attached hydrogens (tertiary/aromatic N) is 1. The van der Waals surface area contributed by atoms with Gasteiger partial charge in [-0.3, -0.25) is 0 Å². The molecule has 14 heavy (non-hydrogen) atoms. The van der Waals surface area contributed by atoms with Crippen LogP contribution in [0.25, 0.3) is 0 Å². The fourth-order valence-corrected chi connectivity index (χ4v) is 2.29. The molecule has 0 radical (unpaired) electrons. The number of rotatable bonds is 8. The van der Waals surface area contributed by atoms with Crippen LogP contribution in [0.2, 0.25) is 0 Å². The van der Waals surface area contributed by atoms with Gasteiger partial charge in [0.05, 0.1) is 25.6 Å². The van der Waals surface area contributed by atoms with Gasteiger partial charge in [-0.2, -0.15) is 4.31 Å². The van der Waals surface area contributed by atoms with Crippen molar-refractivity contribution in [2.24, 2.45) is 0 Å². The number of hydrogen-bond acceptors (Lipinski definition) is 5. The highest BCUT2D eigenvalue weighted by Crippen LogP contribution is 2.00. The molecule has 0 aromatic rings. The van der Waals surface area contributed by atoms with E-state index < -0.39 is 10.0 Å². The Bertz CT molecular complexity index is 222. The van der Waals surface area contributed by atoms with Crippen LogP contribution < -0.4 is 0 Å². The highest BCUT2D eigenvalue weighted by Gasteiger charge is 2.20. The number of ether oxygens (including phenoxy) is 1. The topological polar surface area (TPSA) is 87.1 Å². The van der Waals surface area contributed by atoms with Gasteiger partial charge in [0.2, 0.25) is 10.0 Å². The highest BCUT2D eigenvalue weighted by molar-refractivity contribution is 7.89. The fraction of sp³-hybridized carbons (Fsp3) is 1.00. The van der Waals surface area contributed by atoms with Gasteiger partial charge in [-0.15, -0.1) is 0 Å². The molecule has 0 aliphatic heterocycles. The van der Waals surface area contributed by atoms with E-state index in [-0.39, 0.29) is 38.7 Å². The van der Waals surface area contributed by atoms with Gasteiger partial charge >= 0.3 is 0 Å². The number of methoxy groups -OCH3 is 1. The minimum Gasteiger partial charge on any atom is -0.395 e. The third-order valence-electron chi connectivity index (χ3n) is 1.64. The Hall–Kier alpha value is -0.210. The molecule has 0 fully saturated rings. The normalized spacial score (nSPS) is 12.3. The maximum absolute atomic E-state index is 11.5.